The van der Waals surface area contributed by atoms with Gasteiger partial charge >= 0.3 is 0 Å². The first-order valence-corrected chi connectivity index (χ1v) is 7.76. The number of benzene rings is 1. The summed E-state index contributed by atoms with van der Waals surface area (Å²) in [6.07, 6.45) is 2.11. The summed E-state index contributed by atoms with van der Waals surface area (Å²) < 4.78 is 12.6. The van der Waals surface area contributed by atoms with Gasteiger partial charge in [0.15, 0.2) is 11.5 Å². The molecule has 1 aromatic rings. The second-order valence-corrected chi connectivity index (χ2v) is 5.82. The molecule has 0 heterocycles. The van der Waals surface area contributed by atoms with Gasteiger partial charge in [-0.3, -0.25) is 0 Å². The summed E-state index contributed by atoms with van der Waals surface area (Å²) in [7, 11) is 0. The minimum atomic E-state index is 0.0319. The van der Waals surface area contributed by atoms with Crippen LogP contribution in [0.4, 0.5) is 0 Å². The average molecular weight is 328 g/mol. The molecular weight excluding hydrogens is 306 g/mol. The Morgan fingerprint density at radius 3 is 2.53 bits per heavy atom. The van der Waals surface area contributed by atoms with Crippen molar-refractivity contribution in [3.63, 3.8) is 0 Å². The molecule has 1 aromatic carbocycles. The molecule has 2 unspecified atom stereocenters. The zero-order valence-corrected chi connectivity index (χ0v) is 13.4. The van der Waals surface area contributed by atoms with E-state index >= 15 is 0 Å². The number of ether oxygens (including phenoxy) is 2. The molecule has 0 amide bonds. The quantitative estimate of drug-likeness (QED) is 0.903. The molecule has 0 spiro atoms. The summed E-state index contributed by atoms with van der Waals surface area (Å²) in [5, 5.41) is 0. The van der Waals surface area contributed by atoms with Crippen molar-refractivity contribution in [3.8, 4) is 11.5 Å². The Kier molecular flexibility index (Phi) is 4.74. The summed E-state index contributed by atoms with van der Waals surface area (Å²) in [6, 6.07) is 2.05. The van der Waals surface area contributed by atoms with Crippen molar-refractivity contribution >= 4 is 15.9 Å². The highest BCUT2D eigenvalue weighted by molar-refractivity contribution is 9.10. The van der Waals surface area contributed by atoms with E-state index in [1.54, 1.807) is 0 Å². The molecule has 0 radical (unpaired) electrons. The molecule has 4 heteroatoms. The van der Waals surface area contributed by atoms with E-state index in [0.29, 0.717) is 19.1 Å². The van der Waals surface area contributed by atoms with Crippen LogP contribution in [0, 0.1) is 0 Å². The van der Waals surface area contributed by atoms with Crippen LogP contribution < -0.4 is 15.2 Å². The van der Waals surface area contributed by atoms with Gasteiger partial charge in [0.1, 0.15) is 0 Å². The lowest BCUT2D eigenvalue weighted by molar-refractivity contribution is 0.280. The van der Waals surface area contributed by atoms with Crippen LogP contribution in [0.3, 0.4) is 0 Å². The van der Waals surface area contributed by atoms with E-state index in [9.17, 15) is 0 Å². The van der Waals surface area contributed by atoms with Gasteiger partial charge in [0.25, 0.3) is 0 Å². The third kappa shape index (κ3) is 2.75. The molecule has 0 saturated carbocycles. The first-order chi connectivity index (χ1) is 9.10. The summed E-state index contributed by atoms with van der Waals surface area (Å²) in [6.45, 7) is 7.45. The molecule has 1 aliphatic rings. The van der Waals surface area contributed by atoms with Crippen molar-refractivity contribution < 1.29 is 9.47 Å². The SMILES string of the molecule is CCOc1cc(Br)c2c(c1OCC)C(N)CCC2C. The number of rotatable bonds is 4. The zero-order chi connectivity index (χ0) is 14.0. The molecule has 0 aromatic heterocycles. The highest BCUT2D eigenvalue weighted by Crippen LogP contribution is 2.48. The number of hydrogen-bond acceptors (Lipinski definition) is 3. The second kappa shape index (κ2) is 6.14. The predicted molar refractivity (Wildman–Crippen MR) is 81.1 cm³/mol. The van der Waals surface area contributed by atoms with Crippen LogP contribution in [0.25, 0.3) is 0 Å². The van der Waals surface area contributed by atoms with Gasteiger partial charge in [-0.25, -0.2) is 0 Å². The fourth-order valence-electron chi connectivity index (χ4n) is 2.79. The summed E-state index contributed by atoms with van der Waals surface area (Å²) in [4.78, 5) is 0. The minimum Gasteiger partial charge on any atom is -0.490 e. The minimum absolute atomic E-state index is 0.0319. The standard InChI is InChI=1S/C15H22BrNO2/c1-4-18-12-8-10(16)13-9(3)6-7-11(17)14(13)15(12)19-5-2/h8-9,11H,4-7,17H2,1-3H3. The molecule has 1 aliphatic carbocycles. The van der Waals surface area contributed by atoms with E-state index in [-0.39, 0.29) is 6.04 Å². The Hall–Kier alpha value is -0.740. The highest BCUT2D eigenvalue weighted by atomic mass is 79.9. The molecule has 19 heavy (non-hydrogen) atoms. The van der Waals surface area contributed by atoms with Crippen LogP contribution in [0.1, 0.15) is 56.7 Å². The lowest BCUT2D eigenvalue weighted by atomic mass is 9.80. The summed E-state index contributed by atoms with van der Waals surface area (Å²) >= 11 is 3.66. The van der Waals surface area contributed by atoms with E-state index < -0.39 is 0 Å². The number of nitrogens with two attached hydrogens (primary N) is 1. The maximum absolute atomic E-state index is 6.32. The van der Waals surface area contributed by atoms with Gasteiger partial charge in [0.05, 0.1) is 13.2 Å². The van der Waals surface area contributed by atoms with Gasteiger partial charge in [-0.1, -0.05) is 22.9 Å². The lowest BCUT2D eigenvalue weighted by Crippen LogP contribution is -2.21. The topological polar surface area (TPSA) is 44.5 Å². The Balaban J connectivity index is 2.62. The van der Waals surface area contributed by atoms with Crippen molar-refractivity contribution in [2.45, 2.75) is 45.6 Å². The molecule has 0 saturated heterocycles. The van der Waals surface area contributed by atoms with E-state index in [0.717, 1.165) is 34.4 Å². The summed E-state index contributed by atoms with van der Waals surface area (Å²) in [5.41, 5.74) is 8.72. The predicted octanol–water partition coefficient (Wildman–Crippen LogP) is 4.14. The van der Waals surface area contributed by atoms with E-state index in [1.165, 1.54) is 5.56 Å². The van der Waals surface area contributed by atoms with Crippen molar-refractivity contribution in [1.82, 2.24) is 0 Å². The number of hydrogen-bond donors (Lipinski definition) is 1. The molecule has 0 bridgehead atoms. The maximum Gasteiger partial charge on any atom is 0.166 e. The average Bonchev–Trinajstić information content (AvgIpc) is 2.37. The number of halogens is 1. The molecule has 0 fully saturated rings. The monoisotopic (exact) mass is 327 g/mol. The number of fused-ring (bicyclic) bond motifs is 1. The van der Waals surface area contributed by atoms with Crippen LogP contribution in [0.2, 0.25) is 0 Å². The van der Waals surface area contributed by atoms with E-state index in [2.05, 4.69) is 22.9 Å². The zero-order valence-electron chi connectivity index (χ0n) is 11.8. The fourth-order valence-corrected chi connectivity index (χ4v) is 3.60. The van der Waals surface area contributed by atoms with Gasteiger partial charge < -0.3 is 15.2 Å². The van der Waals surface area contributed by atoms with Crippen LogP contribution in [0.15, 0.2) is 10.5 Å². The third-order valence-corrected chi connectivity index (χ3v) is 4.29. The van der Waals surface area contributed by atoms with E-state index in [4.69, 9.17) is 15.2 Å². The van der Waals surface area contributed by atoms with Gasteiger partial charge in [0, 0.05) is 16.1 Å². The molecule has 2 rings (SSSR count). The first-order valence-electron chi connectivity index (χ1n) is 6.97. The lowest BCUT2D eigenvalue weighted by Gasteiger charge is -2.31. The molecular formula is C15H22BrNO2. The Labute approximate surface area is 123 Å². The smallest absolute Gasteiger partial charge is 0.166 e. The highest BCUT2D eigenvalue weighted by Gasteiger charge is 2.30. The Bertz CT molecular complexity index is 462. The summed E-state index contributed by atoms with van der Waals surface area (Å²) in [5.74, 6) is 2.13. The third-order valence-electron chi connectivity index (χ3n) is 3.64. The van der Waals surface area contributed by atoms with Crippen molar-refractivity contribution in [3.05, 3.63) is 21.7 Å². The van der Waals surface area contributed by atoms with Gasteiger partial charge in [-0.05, 0) is 44.2 Å². The Morgan fingerprint density at radius 2 is 1.89 bits per heavy atom. The fraction of sp³-hybridized carbons (Fsp3) is 0.600. The normalized spacial score (nSPS) is 21.9. The molecule has 106 valence electrons. The van der Waals surface area contributed by atoms with Gasteiger partial charge in [0.2, 0.25) is 0 Å². The van der Waals surface area contributed by atoms with Crippen molar-refractivity contribution in [1.29, 1.82) is 0 Å². The van der Waals surface area contributed by atoms with Crippen LogP contribution in [-0.4, -0.2) is 13.2 Å². The largest absolute Gasteiger partial charge is 0.490 e. The van der Waals surface area contributed by atoms with Gasteiger partial charge in [-0.15, -0.1) is 0 Å². The van der Waals surface area contributed by atoms with Crippen LogP contribution >= 0.6 is 15.9 Å². The maximum atomic E-state index is 6.32. The van der Waals surface area contributed by atoms with Gasteiger partial charge in [-0.2, -0.15) is 0 Å². The Morgan fingerprint density at radius 1 is 1.21 bits per heavy atom. The molecule has 2 N–H and O–H groups in total. The van der Waals surface area contributed by atoms with Crippen LogP contribution in [0.5, 0.6) is 11.5 Å². The van der Waals surface area contributed by atoms with E-state index in [1.807, 2.05) is 19.9 Å². The van der Waals surface area contributed by atoms with Crippen molar-refractivity contribution in [2.24, 2.45) is 5.73 Å². The molecule has 0 aliphatic heterocycles. The second-order valence-electron chi connectivity index (χ2n) is 4.96. The first kappa shape index (κ1) is 14.7. The molecule has 3 nitrogen and oxygen atoms in total. The van der Waals surface area contributed by atoms with Crippen LogP contribution in [-0.2, 0) is 0 Å². The van der Waals surface area contributed by atoms with Crippen molar-refractivity contribution in [2.75, 3.05) is 13.2 Å². The molecule has 2 atom stereocenters.